The van der Waals surface area contributed by atoms with E-state index in [0.717, 1.165) is 11.3 Å². The summed E-state index contributed by atoms with van der Waals surface area (Å²) in [5.41, 5.74) is 8.05. The second kappa shape index (κ2) is 5.62. The molecular formula is C13H14N6O. The second-order valence-electron chi connectivity index (χ2n) is 4.47. The Labute approximate surface area is 115 Å². The molecule has 0 saturated heterocycles. The molecule has 7 nitrogen and oxygen atoms in total. The van der Waals surface area contributed by atoms with Crippen molar-refractivity contribution < 1.29 is 4.52 Å². The zero-order valence-corrected chi connectivity index (χ0v) is 10.7. The van der Waals surface area contributed by atoms with Gasteiger partial charge in [-0.2, -0.15) is 4.98 Å². The molecule has 0 aliphatic carbocycles. The van der Waals surface area contributed by atoms with Crippen LogP contribution in [0.3, 0.4) is 0 Å². The van der Waals surface area contributed by atoms with Gasteiger partial charge in [0.2, 0.25) is 5.89 Å². The number of aromatic amines is 1. The third-order valence-corrected chi connectivity index (χ3v) is 2.91. The summed E-state index contributed by atoms with van der Waals surface area (Å²) in [4.78, 5) is 15.2. The highest BCUT2D eigenvalue weighted by Crippen LogP contribution is 2.14. The SMILES string of the molecule is N[C@H](Cc1cnc[nH]1)c1nc(Cc2ccncc2)no1. The molecule has 0 unspecified atom stereocenters. The van der Waals surface area contributed by atoms with E-state index in [1.54, 1.807) is 24.9 Å². The minimum Gasteiger partial charge on any atom is -0.348 e. The first-order chi connectivity index (χ1) is 9.81. The van der Waals surface area contributed by atoms with Crippen LogP contribution in [0.1, 0.15) is 29.0 Å². The lowest BCUT2D eigenvalue weighted by atomic mass is 10.2. The van der Waals surface area contributed by atoms with E-state index >= 15 is 0 Å². The summed E-state index contributed by atoms with van der Waals surface area (Å²) >= 11 is 0. The molecule has 0 saturated carbocycles. The van der Waals surface area contributed by atoms with Gasteiger partial charge in [0, 0.05) is 37.1 Å². The monoisotopic (exact) mass is 270 g/mol. The molecule has 3 heterocycles. The molecule has 3 aromatic rings. The Kier molecular flexibility index (Phi) is 3.51. The molecule has 0 aliphatic rings. The summed E-state index contributed by atoms with van der Waals surface area (Å²) in [5.74, 6) is 1.05. The van der Waals surface area contributed by atoms with Gasteiger partial charge in [0.15, 0.2) is 5.82 Å². The first kappa shape index (κ1) is 12.5. The summed E-state index contributed by atoms with van der Waals surface area (Å²) in [7, 11) is 0. The van der Waals surface area contributed by atoms with Crippen molar-refractivity contribution in [2.75, 3.05) is 0 Å². The Bertz CT molecular complexity index is 649. The van der Waals surface area contributed by atoms with Crippen molar-refractivity contribution in [2.45, 2.75) is 18.9 Å². The van der Waals surface area contributed by atoms with Crippen LogP contribution in [-0.2, 0) is 12.8 Å². The van der Waals surface area contributed by atoms with E-state index in [9.17, 15) is 0 Å². The number of pyridine rings is 1. The molecule has 0 spiro atoms. The van der Waals surface area contributed by atoms with E-state index in [-0.39, 0.29) is 6.04 Å². The molecule has 102 valence electrons. The van der Waals surface area contributed by atoms with Crippen LogP contribution in [-0.4, -0.2) is 25.1 Å². The Morgan fingerprint density at radius 2 is 2.10 bits per heavy atom. The van der Waals surface area contributed by atoms with Crippen LogP contribution in [0.5, 0.6) is 0 Å². The van der Waals surface area contributed by atoms with Crippen LogP contribution in [0.15, 0.2) is 41.6 Å². The van der Waals surface area contributed by atoms with Crippen LogP contribution >= 0.6 is 0 Å². The number of nitrogens with one attached hydrogen (secondary N) is 1. The maximum absolute atomic E-state index is 6.04. The third kappa shape index (κ3) is 2.89. The summed E-state index contributed by atoms with van der Waals surface area (Å²) in [6.07, 6.45) is 8.00. The Hall–Kier alpha value is -2.54. The predicted molar refractivity (Wildman–Crippen MR) is 70.6 cm³/mol. The van der Waals surface area contributed by atoms with E-state index in [1.807, 2.05) is 12.1 Å². The van der Waals surface area contributed by atoms with Crippen molar-refractivity contribution >= 4 is 0 Å². The smallest absolute Gasteiger partial charge is 0.243 e. The number of hydrogen-bond donors (Lipinski definition) is 2. The van der Waals surface area contributed by atoms with Crippen LogP contribution in [0, 0.1) is 0 Å². The third-order valence-electron chi connectivity index (χ3n) is 2.91. The first-order valence-electron chi connectivity index (χ1n) is 6.25. The van der Waals surface area contributed by atoms with Gasteiger partial charge in [-0.3, -0.25) is 4.98 Å². The van der Waals surface area contributed by atoms with Crippen molar-refractivity contribution in [3.05, 3.63) is 60.0 Å². The quantitative estimate of drug-likeness (QED) is 0.717. The molecule has 0 aromatic carbocycles. The summed E-state index contributed by atoms with van der Waals surface area (Å²) in [5, 5.41) is 3.95. The zero-order chi connectivity index (χ0) is 13.8. The standard InChI is InChI=1S/C13H14N6O/c14-11(6-10-7-16-8-17-10)13-18-12(19-20-13)5-9-1-3-15-4-2-9/h1-4,7-8,11H,5-6,14H2,(H,16,17)/t11-/m1/s1. The van der Waals surface area contributed by atoms with Gasteiger partial charge >= 0.3 is 0 Å². The molecule has 20 heavy (non-hydrogen) atoms. The Balaban J connectivity index is 1.67. The maximum Gasteiger partial charge on any atom is 0.243 e. The number of hydrogen-bond acceptors (Lipinski definition) is 6. The van der Waals surface area contributed by atoms with E-state index < -0.39 is 0 Å². The largest absolute Gasteiger partial charge is 0.348 e. The van der Waals surface area contributed by atoms with Crippen LogP contribution in [0.2, 0.25) is 0 Å². The molecule has 0 aliphatic heterocycles. The predicted octanol–water partition coefficient (Wildman–Crippen LogP) is 1.02. The van der Waals surface area contributed by atoms with Gasteiger partial charge in [0.1, 0.15) is 0 Å². The zero-order valence-electron chi connectivity index (χ0n) is 10.7. The average Bonchev–Trinajstić information content (AvgIpc) is 3.11. The van der Waals surface area contributed by atoms with E-state index in [4.69, 9.17) is 10.3 Å². The normalized spacial score (nSPS) is 12.4. The van der Waals surface area contributed by atoms with Crippen LogP contribution < -0.4 is 5.73 Å². The number of imidazole rings is 1. The summed E-state index contributed by atoms with van der Waals surface area (Å²) < 4.78 is 5.21. The lowest BCUT2D eigenvalue weighted by Gasteiger charge is -2.03. The van der Waals surface area contributed by atoms with Gasteiger partial charge in [-0.1, -0.05) is 5.16 Å². The highest BCUT2D eigenvalue weighted by Gasteiger charge is 2.16. The molecule has 3 N–H and O–H groups in total. The Morgan fingerprint density at radius 1 is 1.25 bits per heavy atom. The summed E-state index contributed by atoms with van der Waals surface area (Å²) in [6.45, 7) is 0. The molecule has 3 rings (SSSR count). The molecule has 0 radical (unpaired) electrons. The van der Waals surface area contributed by atoms with E-state index in [0.29, 0.717) is 24.6 Å². The van der Waals surface area contributed by atoms with Crippen molar-refractivity contribution in [3.8, 4) is 0 Å². The molecule has 0 amide bonds. The fourth-order valence-corrected chi connectivity index (χ4v) is 1.89. The number of nitrogens with zero attached hydrogens (tertiary/aromatic N) is 4. The topological polar surface area (TPSA) is 107 Å². The van der Waals surface area contributed by atoms with Gasteiger partial charge in [-0.25, -0.2) is 4.98 Å². The van der Waals surface area contributed by atoms with Gasteiger partial charge in [0.05, 0.1) is 12.4 Å². The van der Waals surface area contributed by atoms with Gasteiger partial charge in [-0.15, -0.1) is 0 Å². The lowest BCUT2D eigenvalue weighted by molar-refractivity contribution is 0.350. The molecule has 1 atom stereocenters. The van der Waals surface area contributed by atoms with Gasteiger partial charge < -0.3 is 15.2 Å². The molecule has 0 bridgehead atoms. The van der Waals surface area contributed by atoms with Crippen molar-refractivity contribution in [3.63, 3.8) is 0 Å². The molecule has 0 fully saturated rings. The highest BCUT2D eigenvalue weighted by atomic mass is 16.5. The molecule has 3 aromatic heterocycles. The highest BCUT2D eigenvalue weighted by molar-refractivity contribution is 5.15. The molecular weight excluding hydrogens is 256 g/mol. The van der Waals surface area contributed by atoms with E-state index in [2.05, 4.69) is 25.1 Å². The number of H-pyrrole nitrogens is 1. The average molecular weight is 270 g/mol. The summed E-state index contributed by atoms with van der Waals surface area (Å²) in [6, 6.07) is 3.50. The Morgan fingerprint density at radius 3 is 2.85 bits per heavy atom. The lowest BCUT2D eigenvalue weighted by Crippen LogP contribution is -2.14. The van der Waals surface area contributed by atoms with E-state index in [1.165, 1.54) is 0 Å². The van der Waals surface area contributed by atoms with Gasteiger partial charge in [0.25, 0.3) is 0 Å². The van der Waals surface area contributed by atoms with Crippen molar-refractivity contribution in [1.29, 1.82) is 0 Å². The minimum atomic E-state index is -0.339. The van der Waals surface area contributed by atoms with Crippen LogP contribution in [0.4, 0.5) is 0 Å². The van der Waals surface area contributed by atoms with Crippen LogP contribution in [0.25, 0.3) is 0 Å². The first-order valence-corrected chi connectivity index (χ1v) is 6.25. The van der Waals surface area contributed by atoms with Crippen molar-refractivity contribution in [1.82, 2.24) is 25.1 Å². The fraction of sp³-hybridized carbons (Fsp3) is 0.231. The van der Waals surface area contributed by atoms with Crippen molar-refractivity contribution in [2.24, 2.45) is 5.73 Å². The number of nitrogens with two attached hydrogens (primary N) is 1. The number of aromatic nitrogens is 5. The fourth-order valence-electron chi connectivity index (χ4n) is 1.89. The van der Waals surface area contributed by atoms with Gasteiger partial charge in [-0.05, 0) is 17.7 Å². The number of rotatable bonds is 5. The minimum absolute atomic E-state index is 0.339. The maximum atomic E-state index is 6.04. The molecule has 7 heteroatoms. The second-order valence-corrected chi connectivity index (χ2v) is 4.47.